The zero-order chi connectivity index (χ0) is 19.8. The number of Topliss-reactive ketones (excluding diaryl/α,β-unsaturated/α-hetero) is 1. The molecule has 0 spiro atoms. The summed E-state index contributed by atoms with van der Waals surface area (Å²) in [5.41, 5.74) is -2.61. The lowest BCUT2D eigenvalue weighted by atomic mass is 9.45. The molecule has 0 aromatic carbocycles. The van der Waals surface area contributed by atoms with Gasteiger partial charge in [0.1, 0.15) is 18.4 Å². The van der Waals surface area contributed by atoms with Gasteiger partial charge in [-0.2, -0.15) is 0 Å². The molecule has 0 radical (unpaired) electrons. The van der Waals surface area contributed by atoms with Crippen LogP contribution < -0.4 is 0 Å². The van der Waals surface area contributed by atoms with Crippen molar-refractivity contribution < 1.29 is 29.3 Å². The second-order valence-electron chi connectivity index (χ2n) is 9.65. The Bertz CT molecular complexity index is 719. The molecule has 3 saturated carbocycles. The SMILES string of the molecule is C[C@]12CCC(=O)C=C1[C@@H](F)C[C@@H]1[C@@H]2[C@H](O)C[C@]2(C)[C@@H]1CC[C@]2(O)C(=O)CO. The molecule has 150 valence electrons. The number of aliphatic hydroxyl groups excluding tert-OH is 2. The summed E-state index contributed by atoms with van der Waals surface area (Å²) in [5, 5.41) is 31.6. The van der Waals surface area contributed by atoms with Crippen molar-refractivity contribution in [3.63, 3.8) is 0 Å². The molecule has 8 atom stereocenters. The van der Waals surface area contributed by atoms with Crippen molar-refractivity contribution in [2.24, 2.45) is 28.6 Å². The van der Waals surface area contributed by atoms with E-state index in [1.165, 1.54) is 6.08 Å². The van der Waals surface area contributed by atoms with E-state index >= 15 is 4.39 Å². The Kier molecular flexibility index (Phi) is 4.23. The normalized spacial score (nSPS) is 51.9. The molecule has 3 N–H and O–H groups in total. The van der Waals surface area contributed by atoms with E-state index in [1.54, 1.807) is 0 Å². The number of fused-ring (bicyclic) bond motifs is 5. The van der Waals surface area contributed by atoms with E-state index in [9.17, 15) is 24.9 Å². The molecule has 0 aromatic heterocycles. The highest BCUT2D eigenvalue weighted by Crippen LogP contribution is 2.67. The van der Waals surface area contributed by atoms with Crippen LogP contribution in [0.4, 0.5) is 4.39 Å². The van der Waals surface area contributed by atoms with Gasteiger partial charge in [-0.25, -0.2) is 4.39 Å². The van der Waals surface area contributed by atoms with Crippen LogP contribution in [0.3, 0.4) is 0 Å². The molecule has 5 nitrogen and oxygen atoms in total. The molecule has 3 fully saturated rings. The summed E-state index contributed by atoms with van der Waals surface area (Å²) in [5.74, 6) is -1.11. The zero-order valence-corrected chi connectivity index (χ0v) is 15.9. The molecule has 0 aliphatic heterocycles. The average molecular weight is 380 g/mol. The summed E-state index contributed by atoms with van der Waals surface area (Å²) in [6.45, 7) is 3.03. The van der Waals surface area contributed by atoms with E-state index in [1.807, 2.05) is 13.8 Å². The lowest BCUT2D eigenvalue weighted by molar-refractivity contribution is -0.185. The molecular weight excluding hydrogens is 351 g/mol. The van der Waals surface area contributed by atoms with E-state index < -0.39 is 41.1 Å². The van der Waals surface area contributed by atoms with E-state index in [0.717, 1.165) is 0 Å². The van der Waals surface area contributed by atoms with Gasteiger partial charge in [0, 0.05) is 11.8 Å². The second-order valence-corrected chi connectivity index (χ2v) is 9.65. The molecule has 0 saturated heterocycles. The fraction of sp³-hybridized carbons (Fsp3) is 0.810. The van der Waals surface area contributed by atoms with Crippen LogP contribution in [-0.2, 0) is 9.59 Å². The Morgan fingerprint density at radius 2 is 2.04 bits per heavy atom. The quantitative estimate of drug-likeness (QED) is 0.678. The summed E-state index contributed by atoms with van der Waals surface area (Å²) in [6, 6.07) is 0. The zero-order valence-electron chi connectivity index (χ0n) is 15.9. The Hall–Kier alpha value is -1.11. The number of alkyl halides is 1. The predicted octanol–water partition coefficient (Wildman–Crippen LogP) is 1.73. The molecule has 0 unspecified atom stereocenters. The van der Waals surface area contributed by atoms with E-state index in [0.29, 0.717) is 24.8 Å². The Labute approximate surface area is 158 Å². The number of allylic oxidation sites excluding steroid dienone is 1. The number of carbonyl (C=O) groups is 2. The van der Waals surface area contributed by atoms with Gasteiger partial charge in [0.2, 0.25) is 0 Å². The summed E-state index contributed by atoms with van der Waals surface area (Å²) < 4.78 is 15.2. The lowest BCUT2D eigenvalue weighted by Gasteiger charge is -2.61. The van der Waals surface area contributed by atoms with Gasteiger partial charge in [-0.15, -0.1) is 0 Å². The van der Waals surface area contributed by atoms with Crippen molar-refractivity contribution in [3.8, 4) is 0 Å². The molecule has 4 aliphatic rings. The highest BCUT2D eigenvalue weighted by molar-refractivity contribution is 5.92. The molecule has 0 aromatic rings. The number of halogens is 1. The highest BCUT2D eigenvalue weighted by Gasteiger charge is 2.69. The van der Waals surface area contributed by atoms with Crippen molar-refractivity contribution >= 4 is 11.6 Å². The Morgan fingerprint density at radius 1 is 1.33 bits per heavy atom. The molecule has 0 bridgehead atoms. The minimum Gasteiger partial charge on any atom is -0.393 e. The van der Waals surface area contributed by atoms with E-state index in [4.69, 9.17) is 0 Å². The summed E-state index contributed by atoms with van der Waals surface area (Å²) in [4.78, 5) is 24.2. The van der Waals surface area contributed by atoms with Crippen LogP contribution in [0.15, 0.2) is 11.6 Å². The third-order valence-electron chi connectivity index (χ3n) is 8.63. The largest absolute Gasteiger partial charge is 0.393 e. The van der Waals surface area contributed by atoms with Gasteiger partial charge < -0.3 is 15.3 Å². The number of aliphatic hydroxyl groups is 3. The maximum atomic E-state index is 15.2. The van der Waals surface area contributed by atoms with Crippen LogP contribution in [0.1, 0.15) is 52.4 Å². The van der Waals surface area contributed by atoms with Crippen LogP contribution in [0.25, 0.3) is 0 Å². The van der Waals surface area contributed by atoms with Gasteiger partial charge in [0.05, 0.1) is 6.10 Å². The lowest BCUT2D eigenvalue weighted by Crippen LogP contribution is -2.63. The van der Waals surface area contributed by atoms with Crippen LogP contribution in [0.2, 0.25) is 0 Å². The van der Waals surface area contributed by atoms with Crippen LogP contribution in [0.5, 0.6) is 0 Å². The van der Waals surface area contributed by atoms with Crippen molar-refractivity contribution in [1.29, 1.82) is 0 Å². The van der Waals surface area contributed by atoms with E-state index in [2.05, 4.69) is 0 Å². The van der Waals surface area contributed by atoms with Gasteiger partial charge in [0.15, 0.2) is 11.6 Å². The second kappa shape index (κ2) is 5.94. The Morgan fingerprint density at radius 3 is 2.70 bits per heavy atom. The third kappa shape index (κ3) is 2.33. The van der Waals surface area contributed by atoms with Crippen LogP contribution in [0, 0.1) is 28.6 Å². The van der Waals surface area contributed by atoms with Gasteiger partial charge in [-0.05, 0) is 66.9 Å². The molecule has 4 aliphatic carbocycles. The highest BCUT2D eigenvalue weighted by atomic mass is 19.1. The van der Waals surface area contributed by atoms with Crippen molar-refractivity contribution in [2.45, 2.75) is 70.2 Å². The minimum atomic E-state index is -1.68. The topological polar surface area (TPSA) is 94.8 Å². The molecule has 0 heterocycles. The minimum absolute atomic E-state index is 0.0532. The number of hydrogen-bond acceptors (Lipinski definition) is 5. The van der Waals surface area contributed by atoms with Crippen molar-refractivity contribution in [3.05, 3.63) is 11.6 Å². The summed E-state index contributed by atoms with van der Waals surface area (Å²) in [6.07, 6.45) is 1.57. The van der Waals surface area contributed by atoms with Crippen molar-refractivity contribution in [2.75, 3.05) is 6.61 Å². The predicted molar refractivity (Wildman–Crippen MR) is 95.4 cm³/mol. The van der Waals surface area contributed by atoms with E-state index in [-0.39, 0.29) is 42.8 Å². The molecule has 4 rings (SSSR count). The first-order chi connectivity index (χ1) is 12.6. The van der Waals surface area contributed by atoms with Gasteiger partial charge in [0.25, 0.3) is 0 Å². The maximum absolute atomic E-state index is 15.2. The van der Waals surface area contributed by atoms with Gasteiger partial charge >= 0.3 is 0 Å². The average Bonchev–Trinajstić information content (AvgIpc) is 2.87. The van der Waals surface area contributed by atoms with Gasteiger partial charge in [-0.3, -0.25) is 9.59 Å². The maximum Gasteiger partial charge on any atom is 0.190 e. The number of carbonyl (C=O) groups excluding carboxylic acids is 2. The first kappa shape index (κ1) is 19.2. The standard InChI is InChI=1S/C21H29FO5/c1-19-5-3-11(24)7-14(19)15(22)8-12-13-4-6-21(27,17(26)10-23)20(13,2)9-16(25)18(12)19/h7,12-13,15-16,18,23,25,27H,3-6,8-10H2,1-2H3/t12-,13+,15-,16+,18+,19-,20+,21-/m0/s1. The third-order valence-corrected chi connectivity index (χ3v) is 8.63. The van der Waals surface area contributed by atoms with Crippen LogP contribution in [-0.4, -0.2) is 51.4 Å². The molecule has 0 amide bonds. The summed E-state index contributed by atoms with van der Waals surface area (Å²) >= 11 is 0. The van der Waals surface area contributed by atoms with Crippen molar-refractivity contribution in [1.82, 2.24) is 0 Å². The fourth-order valence-corrected chi connectivity index (χ4v) is 7.29. The first-order valence-corrected chi connectivity index (χ1v) is 10.0. The molecule has 27 heavy (non-hydrogen) atoms. The summed E-state index contributed by atoms with van der Waals surface area (Å²) in [7, 11) is 0. The number of rotatable bonds is 2. The Balaban J connectivity index is 1.77. The smallest absolute Gasteiger partial charge is 0.190 e. The van der Waals surface area contributed by atoms with Crippen LogP contribution >= 0.6 is 0 Å². The number of ketones is 2. The first-order valence-electron chi connectivity index (χ1n) is 10.0. The fourth-order valence-electron chi connectivity index (χ4n) is 7.29. The molecule has 6 heteroatoms. The number of hydrogen-bond donors (Lipinski definition) is 3. The molecular formula is C21H29FO5. The monoisotopic (exact) mass is 380 g/mol. The van der Waals surface area contributed by atoms with Gasteiger partial charge in [-0.1, -0.05) is 13.8 Å².